The van der Waals surface area contributed by atoms with Crippen molar-refractivity contribution < 1.29 is 23.7 Å². The van der Waals surface area contributed by atoms with Crippen LogP contribution >= 0.6 is 47.0 Å². The van der Waals surface area contributed by atoms with Gasteiger partial charge in [-0.1, -0.05) is 108 Å². The summed E-state index contributed by atoms with van der Waals surface area (Å²) in [4.78, 5) is 17.5. The van der Waals surface area contributed by atoms with Crippen LogP contribution in [0.15, 0.2) is 77.9 Å². The molecule has 0 saturated heterocycles. The summed E-state index contributed by atoms with van der Waals surface area (Å²) in [5.74, 6) is 1.70. The van der Waals surface area contributed by atoms with Crippen molar-refractivity contribution >= 4 is 64.3 Å². The van der Waals surface area contributed by atoms with Crippen molar-refractivity contribution in [1.29, 1.82) is 10.5 Å². The number of nitrogens with one attached hydrogen (secondary N) is 2. The lowest BCUT2D eigenvalue weighted by Gasteiger charge is -2.24. The number of rotatable bonds is 22. The van der Waals surface area contributed by atoms with Crippen molar-refractivity contribution in [2.45, 2.75) is 116 Å². The molecule has 0 fully saturated rings. The molecule has 5 rings (SSSR count). The molecule has 4 atom stereocenters. The van der Waals surface area contributed by atoms with Crippen LogP contribution in [0.3, 0.4) is 0 Å². The van der Waals surface area contributed by atoms with Crippen LogP contribution in [-0.2, 0) is 4.79 Å². The Morgan fingerprint density at radius 3 is 2.04 bits per heavy atom. The molecule has 0 aromatic heterocycles. The molecule has 2 N–H and O–H groups in total. The van der Waals surface area contributed by atoms with Crippen LogP contribution in [0.5, 0.6) is 23.0 Å². The normalized spacial score (nSPS) is 16.6. The Balaban J connectivity index is 1.57. The van der Waals surface area contributed by atoms with Gasteiger partial charge in [-0.3, -0.25) is 4.79 Å². The number of hydrogen-bond donors (Lipinski definition) is 2. The molecule has 57 heavy (non-hydrogen) atoms. The maximum Gasteiger partial charge on any atom is 0.243 e. The number of carbonyl (C=O) groups is 1. The molecular weight excluding hydrogens is 793 g/mol. The average molecular weight is 847 g/mol. The van der Waals surface area contributed by atoms with E-state index in [2.05, 4.69) is 50.5 Å². The molecule has 0 spiro atoms. The van der Waals surface area contributed by atoms with Gasteiger partial charge in [0.25, 0.3) is 0 Å². The second-order valence-electron chi connectivity index (χ2n) is 13.9. The number of methoxy groups -OCH3 is 2. The van der Waals surface area contributed by atoms with E-state index >= 15 is 0 Å². The minimum Gasteiger partial charge on any atom is -0.495 e. The van der Waals surface area contributed by atoms with Gasteiger partial charge in [-0.2, -0.15) is 10.5 Å². The SMILES string of the molecule is CCCCCC(CC)Oc1c2c(c(OCC(CC)CCCC)c3c1SC(C(C#N)C(=O)Nc1ccccc1OC)S3)S/C(=C(\C#N)CNc1ccccc1OC)S2. The first-order valence-corrected chi connectivity index (χ1v) is 23.3. The lowest BCUT2D eigenvalue weighted by molar-refractivity contribution is -0.118. The zero-order valence-corrected chi connectivity index (χ0v) is 37.0. The van der Waals surface area contributed by atoms with Gasteiger partial charge in [-0.05, 0) is 55.9 Å². The number of hydrogen-bond acceptors (Lipinski definition) is 12. The third kappa shape index (κ3) is 11.1. The monoisotopic (exact) mass is 846 g/mol. The van der Waals surface area contributed by atoms with Crippen molar-refractivity contribution in [2.24, 2.45) is 11.8 Å². The van der Waals surface area contributed by atoms with E-state index in [0.29, 0.717) is 41.8 Å². The largest absolute Gasteiger partial charge is 0.495 e. The highest BCUT2D eigenvalue weighted by Crippen LogP contribution is 2.68. The molecular formula is C44H54N4O5S4. The number of carbonyl (C=O) groups excluding carboxylic acids is 1. The highest BCUT2D eigenvalue weighted by atomic mass is 32.2. The van der Waals surface area contributed by atoms with Crippen LogP contribution in [0, 0.1) is 34.5 Å². The number of nitriles is 2. The summed E-state index contributed by atoms with van der Waals surface area (Å²) in [6.45, 7) is 9.62. The molecule has 0 bridgehead atoms. The number of unbranched alkanes of at least 4 members (excludes halogenated alkanes) is 3. The highest BCUT2D eigenvalue weighted by Gasteiger charge is 2.43. The van der Waals surface area contributed by atoms with E-state index in [0.717, 1.165) is 98.8 Å². The number of benzene rings is 3. The van der Waals surface area contributed by atoms with Crippen LogP contribution in [0.4, 0.5) is 11.4 Å². The number of ether oxygens (including phenoxy) is 4. The Labute approximate surface area is 355 Å². The van der Waals surface area contributed by atoms with Crippen molar-refractivity contribution in [3.8, 4) is 35.1 Å². The van der Waals surface area contributed by atoms with Gasteiger partial charge < -0.3 is 29.6 Å². The van der Waals surface area contributed by atoms with Gasteiger partial charge in [-0.15, -0.1) is 23.5 Å². The molecule has 13 heteroatoms. The maximum absolute atomic E-state index is 13.9. The number of fused-ring (bicyclic) bond motifs is 2. The Bertz CT molecular complexity index is 1960. The molecule has 0 radical (unpaired) electrons. The van der Waals surface area contributed by atoms with Crippen molar-refractivity contribution in [2.75, 3.05) is 38.0 Å². The number of thioether (sulfide) groups is 4. The van der Waals surface area contributed by atoms with Crippen LogP contribution in [0.25, 0.3) is 0 Å². The van der Waals surface area contributed by atoms with Crippen LogP contribution in [0.2, 0.25) is 0 Å². The Morgan fingerprint density at radius 2 is 1.42 bits per heavy atom. The quantitative estimate of drug-likeness (QED) is 0.0738. The second kappa shape index (κ2) is 22.4. The van der Waals surface area contributed by atoms with Gasteiger partial charge in [0, 0.05) is 0 Å². The zero-order chi connectivity index (χ0) is 40.7. The number of anilines is 2. The topological polar surface area (TPSA) is 126 Å². The first-order valence-electron chi connectivity index (χ1n) is 19.9. The van der Waals surface area contributed by atoms with Gasteiger partial charge in [0.2, 0.25) is 5.91 Å². The zero-order valence-electron chi connectivity index (χ0n) is 33.8. The maximum atomic E-state index is 13.9. The van der Waals surface area contributed by atoms with E-state index < -0.39 is 16.4 Å². The smallest absolute Gasteiger partial charge is 0.243 e. The summed E-state index contributed by atoms with van der Waals surface area (Å²) < 4.78 is 25.4. The summed E-state index contributed by atoms with van der Waals surface area (Å²) >= 11 is 6.09. The minimum atomic E-state index is -0.991. The number of amides is 1. The predicted octanol–water partition coefficient (Wildman–Crippen LogP) is 12.4. The fourth-order valence-electron chi connectivity index (χ4n) is 6.55. The third-order valence-corrected chi connectivity index (χ3v) is 15.6. The summed E-state index contributed by atoms with van der Waals surface area (Å²) in [6, 6.07) is 19.7. The molecule has 4 unspecified atom stereocenters. The molecule has 1 amide bonds. The van der Waals surface area contributed by atoms with Crippen molar-refractivity contribution in [1.82, 2.24) is 0 Å². The Hall–Kier alpha value is -3.75. The molecule has 0 saturated carbocycles. The second-order valence-corrected chi connectivity index (χ2v) is 18.8. The fraction of sp³-hybridized carbons (Fsp3) is 0.477. The first kappa shape index (κ1) is 44.4. The van der Waals surface area contributed by atoms with Gasteiger partial charge in [0.05, 0.1) is 91.0 Å². The fourth-order valence-corrected chi connectivity index (χ4v) is 12.4. The molecule has 2 aliphatic rings. The molecule has 9 nitrogen and oxygen atoms in total. The lowest BCUT2D eigenvalue weighted by Crippen LogP contribution is -2.27. The van der Waals surface area contributed by atoms with Gasteiger partial charge in [0.15, 0.2) is 0 Å². The Kier molecular flexibility index (Phi) is 17.4. The van der Waals surface area contributed by atoms with Crippen LogP contribution in [-0.4, -0.2) is 44.0 Å². The summed E-state index contributed by atoms with van der Waals surface area (Å²) in [5, 5.41) is 27.4. The summed E-state index contributed by atoms with van der Waals surface area (Å²) in [7, 11) is 3.19. The molecule has 2 heterocycles. The van der Waals surface area contributed by atoms with E-state index in [4.69, 9.17) is 18.9 Å². The predicted molar refractivity (Wildman–Crippen MR) is 236 cm³/mol. The van der Waals surface area contributed by atoms with Crippen molar-refractivity contribution in [3.63, 3.8) is 0 Å². The molecule has 0 aliphatic carbocycles. The minimum absolute atomic E-state index is 0.0263. The van der Waals surface area contributed by atoms with Crippen molar-refractivity contribution in [3.05, 3.63) is 58.3 Å². The van der Waals surface area contributed by atoms with E-state index in [1.165, 1.54) is 23.5 Å². The van der Waals surface area contributed by atoms with E-state index in [9.17, 15) is 15.3 Å². The van der Waals surface area contributed by atoms with E-state index in [1.54, 1.807) is 49.9 Å². The highest BCUT2D eigenvalue weighted by molar-refractivity contribution is 8.25. The molecule has 2 aliphatic heterocycles. The van der Waals surface area contributed by atoms with Crippen LogP contribution in [0.1, 0.15) is 85.5 Å². The van der Waals surface area contributed by atoms with E-state index in [1.807, 2.05) is 36.4 Å². The average Bonchev–Trinajstić information content (AvgIpc) is 3.87. The first-order chi connectivity index (χ1) is 27.8. The Morgan fingerprint density at radius 1 is 0.789 bits per heavy atom. The van der Waals surface area contributed by atoms with Crippen LogP contribution < -0.4 is 29.6 Å². The summed E-state index contributed by atoms with van der Waals surface area (Å²) in [5.41, 5.74) is 1.92. The molecule has 3 aromatic carbocycles. The van der Waals surface area contributed by atoms with Gasteiger partial charge in [0.1, 0.15) is 28.9 Å². The third-order valence-electron chi connectivity index (χ3n) is 9.97. The lowest BCUT2D eigenvalue weighted by atomic mass is 10.0. The standard InChI is InChI=1S/C44H54N4O5S4/c1-7-11-13-19-30(10-4)53-37-40-38(54-43(55-40)29(24-45)26-47-32-20-14-16-22-34(32)50-5)36(52-27-28(9-3)18-12-8-2)39-41(37)57-44(56-39)31(25-46)42(49)48-33-21-15-17-23-35(33)51-6/h14-17,20-23,28,30-31,44,47H,7-13,18-19,26-27H2,1-6H3,(H,48,49)/b43-29-. The van der Waals surface area contributed by atoms with Gasteiger partial charge in [-0.25, -0.2) is 0 Å². The van der Waals surface area contributed by atoms with Gasteiger partial charge >= 0.3 is 0 Å². The molecule has 304 valence electrons. The number of para-hydroxylation sites is 4. The van der Waals surface area contributed by atoms with E-state index in [-0.39, 0.29) is 6.10 Å². The molecule has 3 aromatic rings. The summed E-state index contributed by atoms with van der Waals surface area (Å²) in [6.07, 6.45) is 9.32. The number of nitrogens with zero attached hydrogens (tertiary/aromatic N) is 2.